The van der Waals surface area contributed by atoms with Gasteiger partial charge in [0, 0.05) is 16.6 Å². The maximum Gasteiger partial charge on any atom is 0.243 e. The highest BCUT2D eigenvalue weighted by Crippen LogP contribution is 2.27. The molecule has 0 radical (unpaired) electrons. The highest BCUT2D eigenvalue weighted by Gasteiger charge is 2.26. The van der Waals surface area contributed by atoms with Gasteiger partial charge in [-0.05, 0) is 61.0 Å². The van der Waals surface area contributed by atoms with Gasteiger partial charge in [0.25, 0.3) is 0 Å². The first-order valence-corrected chi connectivity index (χ1v) is 12.8. The van der Waals surface area contributed by atoms with Gasteiger partial charge in [-0.1, -0.05) is 59.1 Å². The minimum atomic E-state index is -3.89. The van der Waals surface area contributed by atoms with E-state index in [-0.39, 0.29) is 23.7 Å². The Labute approximate surface area is 213 Å². The summed E-state index contributed by atoms with van der Waals surface area (Å²) in [6, 6.07) is 20.9. The van der Waals surface area contributed by atoms with Crippen LogP contribution in [0, 0.1) is 12.7 Å². The number of aryl methyl sites for hydroxylation is 1. The van der Waals surface area contributed by atoms with E-state index in [1.54, 1.807) is 72.8 Å². The third kappa shape index (κ3) is 6.18. The molecule has 5 nitrogen and oxygen atoms in total. The molecule has 0 aliphatic carbocycles. The molecule has 180 valence electrons. The number of hydrogen-bond acceptors (Lipinski definition) is 4. The number of nitrogens with zero attached hydrogens (tertiary/aromatic N) is 2. The number of halogens is 3. The number of para-hydroxylation sites is 1. The van der Waals surface area contributed by atoms with Crippen LogP contribution in [0.25, 0.3) is 0 Å². The lowest BCUT2D eigenvalue weighted by Crippen LogP contribution is -2.30. The van der Waals surface area contributed by atoms with Crippen molar-refractivity contribution in [2.45, 2.75) is 24.9 Å². The van der Waals surface area contributed by atoms with Crippen LogP contribution >= 0.6 is 23.2 Å². The van der Waals surface area contributed by atoms with E-state index in [1.165, 1.54) is 16.6 Å². The lowest BCUT2D eigenvalue weighted by atomic mass is 10.2. The van der Waals surface area contributed by atoms with Crippen LogP contribution in [-0.2, 0) is 23.1 Å². The zero-order chi connectivity index (χ0) is 25.0. The Kier molecular flexibility index (Phi) is 7.72. The highest BCUT2D eigenvalue weighted by molar-refractivity contribution is 7.89. The summed E-state index contributed by atoms with van der Waals surface area (Å²) >= 11 is 12.3. The van der Waals surface area contributed by atoms with Gasteiger partial charge in [-0.3, -0.25) is 0 Å². The van der Waals surface area contributed by atoms with Gasteiger partial charge < -0.3 is 4.42 Å². The number of aliphatic imine (C=N–C) groups is 1. The quantitative estimate of drug-likeness (QED) is 0.226. The third-order valence-electron chi connectivity index (χ3n) is 5.22. The second-order valence-corrected chi connectivity index (χ2v) is 10.6. The lowest BCUT2D eigenvalue weighted by molar-refractivity contribution is 0.357. The molecule has 3 aromatic carbocycles. The second-order valence-electron chi connectivity index (χ2n) is 7.84. The van der Waals surface area contributed by atoms with E-state index in [2.05, 4.69) is 4.99 Å². The monoisotopic (exact) mass is 530 g/mol. The van der Waals surface area contributed by atoms with Gasteiger partial charge in [-0.2, -0.15) is 4.31 Å². The molecule has 0 N–H and O–H groups in total. The van der Waals surface area contributed by atoms with Gasteiger partial charge in [-0.15, -0.1) is 0 Å². The van der Waals surface area contributed by atoms with Gasteiger partial charge in [0.15, 0.2) is 0 Å². The van der Waals surface area contributed by atoms with Crippen molar-refractivity contribution in [2.24, 2.45) is 4.99 Å². The van der Waals surface area contributed by atoms with Gasteiger partial charge in [0.05, 0.1) is 23.3 Å². The number of furan rings is 1. The van der Waals surface area contributed by atoms with Crippen LogP contribution in [-0.4, -0.2) is 18.9 Å². The summed E-state index contributed by atoms with van der Waals surface area (Å²) < 4.78 is 47.9. The average molecular weight is 531 g/mol. The van der Waals surface area contributed by atoms with Crippen LogP contribution in [0.1, 0.15) is 22.6 Å². The van der Waals surface area contributed by atoms with Gasteiger partial charge in [0.1, 0.15) is 17.3 Å². The van der Waals surface area contributed by atoms with Crippen LogP contribution in [0.4, 0.5) is 10.1 Å². The molecular formula is C26H21Cl2FN2O3S. The van der Waals surface area contributed by atoms with Crippen LogP contribution in [0.2, 0.25) is 10.0 Å². The fourth-order valence-corrected chi connectivity index (χ4v) is 5.19. The molecule has 0 unspecified atom stereocenters. The summed E-state index contributed by atoms with van der Waals surface area (Å²) in [6.45, 7) is 1.84. The Bertz CT molecular complexity index is 1470. The predicted octanol–water partition coefficient (Wildman–Crippen LogP) is 7.18. The van der Waals surface area contributed by atoms with Crippen molar-refractivity contribution in [1.82, 2.24) is 4.31 Å². The Balaban J connectivity index is 1.63. The molecule has 0 aliphatic rings. The van der Waals surface area contributed by atoms with E-state index in [1.807, 2.05) is 6.92 Å². The fraction of sp³-hybridized carbons (Fsp3) is 0.115. The average Bonchev–Trinajstić information content (AvgIpc) is 3.27. The zero-order valence-corrected chi connectivity index (χ0v) is 21.0. The predicted molar refractivity (Wildman–Crippen MR) is 136 cm³/mol. The standard InChI is InChI=1S/C26H21Cl2FN2O3S/c1-18-6-12-23(13-7-18)35(32,33)31(16-19-8-9-20(27)14-24(19)28)17-22-11-10-21(34-22)15-30-26-5-3-2-4-25(26)29/h2-15H,16-17H2,1H3. The summed E-state index contributed by atoms with van der Waals surface area (Å²) in [5.74, 6) is 0.298. The maximum atomic E-state index is 13.8. The van der Waals surface area contributed by atoms with Crippen molar-refractivity contribution in [3.8, 4) is 0 Å². The largest absolute Gasteiger partial charge is 0.459 e. The highest BCUT2D eigenvalue weighted by atomic mass is 35.5. The molecule has 0 aliphatic heterocycles. The third-order valence-corrected chi connectivity index (χ3v) is 7.61. The first-order chi connectivity index (χ1) is 16.7. The number of sulfonamides is 1. The number of rotatable bonds is 8. The summed E-state index contributed by atoms with van der Waals surface area (Å²) in [5.41, 5.74) is 1.71. The molecule has 0 spiro atoms. The minimum absolute atomic E-state index is 0.00552. The van der Waals surface area contributed by atoms with Crippen molar-refractivity contribution in [3.63, 3.8) is 0 Å². The Morgan fingerprint density at radius 2 is 1.71 bits per heavy atom. The summed E-state index contributed by atoms with van der Waals surface area (Å²) in [6.07, 6.45) is 1.39. The molecule has 0 bridgehead atoms. The molecule has 9 heteroatoms. The van der Waals surface area contributed by atoms with Crippen LogP contribution in [0.3, 0.4) is 0 Å². The SMILES string of the molecule is Cc1ccc(S(=O)(=O)N(Cc2ccc(C=Nc3ccccc3F)o2)Cc2ccc(Cl)cc2Cl)cc1. The first kappa shape index (κ1) is 25.1. The molecule has 4 rings (SSSR count). The Morgan fingerprint density at radius 3 is 2.43 bits per heavy atom. The molecule has 0 saturated heterocycles. The van der Waals surface area contributed by atoms with Crippen molar-refractivity contribution in [3.05, 3.63) is 117 Å². The number of hydrogen-bond donors (Lipinski definition) is 0. The van der Waals surface area contributed by atoms with Crippen LogP contribution in [0.15, 0.2) is 93.2 Å². The van der Waals surface area contributed by atoms with E-state index in [4.69, 9.17) is 27.6 Å². The van der Waals surface area contributed by atoms with Crippen molar-refractivity contribution in [2.75, 3.05) is 0 Å². The van der Waals surface area contributed by atoms with Gasteiger partial charge in [0.2, 0.25) is 10.0 Å². The van der Waals surface area contributed by atoms with Crippen LogP contribution in [0.5, 0.6) is 0 Å². The van der Waals surface area contributed by atoms with E-state index in [9.17, 15) is 12.8 Å². The number of benzene rings is 3. The molecule has 4 aromatic rings. The molecule has 0 fully saturated rings. The zero-order valence-electron chi connectivity index (χ0n) is 18.7. The molecule has 1 heterocycles. The summed E-state index contributed by atoms with van der Waals surface area (Å²) in [7, 11) is -3.89. The fourth-order valence-electron chi connectivity index (χ4n) is 3.34. The smallest absolute Gasteiger partial charge is 0.243 e. The van der Waals surface area contributed by atoms with E-state index >= 15 is 0 Å². The summed E-state index contributed by atoms with van der Waals surface area (Å²) in [5, 5.41) is 0.815. The normalized spacial score (nSPS) is 12.0. The molecule has 0 amide bonds. The van der Waals surface area contributed by atoms with Gasteiger partial charge in [-0.25, -0.2) is 17.8 Å². The van der Waals surface area contributed by atoms with E-state index in [0.29, 0.717) is 27.1 Å². The van der Waals surface area contributed by atoms with Gasteiger partial charge >= 0.3 is 0 Å². The van der Waals surface area contributed by atoms with Crippen molar-refractivity contribution >= 4 is 45.1 Å². The first-order valence-electron chi connectivity index (χ1n) is 10.6. The molecular weight excluding hydrogens is 510 g/mol. The molecule has 35 heavy (non-hydrogen) atoms. The Hall–Kier alpha value is -2.97. The van der Waals surface area contributed by atoms with Crippen LogP contribution < -0.4 is 0 Å². The van der Waals surface area contributed by atoms with E-state index < -0.39 is 15.8 Å². The minimum Gasteiger partial charge on any atom is -0.459 e. The maximum absolute atomic E-state index is 13.8. The van der Waals surface area contributed by atoms with Crippen molar-refractivity contribution in [1.29, 1.82) is 0 Å². The lowest BCUT2D eigenvalue weighted by Gasteiger charge is -2.22. The molecule has 1 aromatic heterocycles. The Morgan fingerprint density at radius 1 is 0.971 bits per heavy atom. The molecule has 0 saturated carbocycles. The van der Waals surface area contributed by atoms with E-state index in [0.717, 1.165) is 5.56 Å². The second kappa shape index (κ2) is 10.7. The molecule has 0 atom stereocenters. The van der Waals surface area contributed by atoms with Crippen molar-refractivity contribution < 1.29 is 17.2 Å². The topological polar surface area (TPSA) is 62.9 Å². The summed E-state index contributed by atoms with van der Waals surface area (Å²) in [4.78, 5) is 4.26.